The number of aromatic hydroxyl groups is 2. The van der Waals surface area contributed by atoms with Gasteiger partial charge < -0.3 is 15.5 Å². The van der Waals surface area contributed by atoms with Crippen LogP contribution in [0.4, 0.5) is 17.1 Å². The second-order valence-electron chi connectivity index (χ2n) is 6.99. The molecule has 1 amide bonds. The van der Waals surface area contributed by atoms with Crippen molar-refractivity contribution in [2.45, 2.75) is 4.90 Å². The number of rotatable bonds is 5. The van der Waals surface area contributed by atoms with E-state index in [1.807, 2.05) is 0 Å². The maximum absolute atomic E-state index is 13.0. The molecule has 0 aromatic heterocycles. The minimum Gasteiger partial charge on any atom is -0.506 e. The first kappa shape index (κ1) is 21.9. The molecule has 0 heterocycles. The van der Waals surface area contributed by atoms with Crippen molar-refractivity contribution in [3.8, 4) is 11.5 Å². The van der Waals surface area contributed by atoms with Gasteiger partial charge in [0.2, 0.25) is 0 Å². The summed E-state index contributed by atoms with van der Waals surface area (Å²) in [5.74, 6) is -1.41. The molecular weight excluding hydrogens is 446 g/mol. The van der Waals surface area contributed by atoms with Crippen molar-refractivity contribution >= 4 is 43.9 Å². The second-order valence-corrected chi connectivity index (χ2v) is 8.41. The number of hydrogen-bond donors (Lipinski definition) is 4. The van der Waals surface area contributed by atoms with Gasteiger partial charge in [-0.1, -0.05) is 42.5 Å². The molecule has 0 aliphatic carbocycles. The monoisotopic (exact) mass is 463 g/mol. The fraction of sp³-hybridized carbons (Fsp3) is 0. The SMILES string of the molecule is O=C(Nc1ccccc1)c1c(O)c(/N=N/c2cc(S(=O)(=O)O)ccc2O)cc2ccccc12. The molecule has 0 spiro atoms. The first-order chi connectivity index (χ1) is 15.7. The Labute approximate surface area is 188 Å². The van der Waals surface area contributed by atoms with E-state index in [1.54, 1.807) is 54.6 Å². The van der Waals surface area contributed by atoms with Gasteiger partial charge in [0.25, 0.3) is 16.0 Å². The molecule has 0 radical (unpaired) electrons. The molecule has 33 heavy (non-hydrogen) atoms. The first-order valence-electron chi connectivity index (χ1n) is 9.57. The highest BCUT2D eigenvalue weighted by molar-refractivity contribution is 7.85. The summed E-state index contributed by atoms with van der Waals surface area (Å²) in [7, 11) is -4.52. The molecule has 0 bridgehead atoms. The van der Waals surface area contributed by atoms with E-state index >= 15 is 0 Å². The van der Waals surface area contributed by atoms with Crippen molar-refractivity contribution in [1.82, 2.24) is 0 Å². The summed E-state index contributed by atoms with van der Waals surface area (Å²) < 4.78 is 31.9. The fourth-order valence-electron chi connectivity index (χ4n) is 3.19. The zero-order chi connectivity index (χ0) is 23.6. The largest absolute Gasteiger partial charge is 0.506 e. The van der Waals surface area contributed by atoms with E-state index in [2.05, 4.69) is 15.5 Å². The van der Waals surface area contributed by atoms with Crippen LogP contribution < -0.4 is 5.32 Å². The van der Waals surface area contributed by atoms with Crippen LogP contribution >= 0.6 is 0 Å². The van der Waals surface area contributed by atoms with Crippen molar-refractivity contribution in [2.75, 3.05) is 5.32 Å². The van der Waals surface area contributed by atoms with Crippen LogP contribution in [0.5, 0.6) is 11.5 Å². The molecule has 0 aliphatic heterocycles. The number of nitrogens with one attached hydrogen (secondary N) is 1. The average molecular weight is 463 g/mol. The van der Waals surface area contributed by atoms with Crippen LogP contribution in [0, 0.1) is 0 Å². The Bertz CT molecular complexity index is 1500. The number of benzene rings is 4. The van der Waals surface area contributed by atoms with Gasteiger partial charge in [0.1, 0.15) is 17.1 Å². The van der Waals surface area contributed by atoms with E-state index in [-0.39, 0.29) is 16.9 Å². The number of carbonyl (C=O) groups excluding carboxylic acids is 1. The molecule has 166 valence electrons. The van der Waals surface area contributed by atoms with Gasteiger partial charge >= 0.3 is 0 Å². The van der Waals surface area contributed by atoms with Gasteiger partial charge in [-0.2, -0.15) is 8.42 Å². The van der Waals surface area contributed by atoms with Crippen molar-refractivity contribution in [1.29, 1.82) is 0 Å². The summed E-state index contributed by atoms with van der Waals surface area (Å²) in [6.07, 6.45) is 0. The quantitative estimate of drug-likeness (QED) is 0.237. The fourth-order valence-corrected chi connectivity index (χ4v) is 3.70. The van der Waals surface area contributed by atoms with Crippen molar-refractivity contribution in [3.63, 3.8) is 0 Å². The molecule has 4 aromatic rings. The third-order valence-electron chi connectivity index (χ3n) is 4.77. The van der Waals surface area contributed by atoms with Gasteiger partial charge in [-0.25, -0.2) is 0 Å². The summed E-state index contributed by atoms with van der Waals surface area (Å²) in [5.41, 5.74) is 0.170. The van der Waals surface area contributed by atoms with E-state index < -0.39 is 32.4 Å². The Balaban J connectivity index is 1.80. The number of anilines is 1. The number of azo groups is 1. The molecule has 4 N–H and O–H groups in total. The molecule has 0 atom stereocenters. The molecule has 0 unspecified atom stereocenters. The van der Waals surface area contributed by atoms with Gasteiger partial charge in [0.15, 0.2) is 5.75 Å². The van der Waals surface area contributed by atoms with E-state index in [1.165, 1.54) is 6.07 Å². The van der Waals surface area contributed by atoms with Gasteiger partial charge in [0, 0.05) is 5.69 Å². The lowest BCUT2D eigenvalue weighted by Gasteiger charge is -2.12. The normalized spacial score (nSPS) is 11.7. The van der Waals surface area contributed by atoms with Crippen LogP contribution in [-0.4, -0.2) is 29.1 Å². The van der Waals surface area contributed by atoms with Crippen LogP contribution in [0.2, 0.25) is 0 Å². The number of amides is 1. The van der Waals surface area contributed by atoms with E-state index in [0.29, 0.717) is 16.5 Å². The van der Waals surface area contributed by atoms with Crippen LogP contribution in [0.25, 0.3) is 10.8 Å². The summed E-state index contributed by atoms with van der Waals surface area (Å²) in [6, 6.07) is 20.1. The maximum atomic E-state index is 13.0. The van der Waals surface area contributed by atoms with Crippen LogP contribution in [-0.2, 0) is 10.1 Å². The molecule has 0 saturated heterocycles. The molecule has 4 rings (SSSR count). The molecule has 0 fully saturated rings. The first-order valence-corrected chi connectivity index (χ1v) is 11.0. The number of para-hydroxylation sites is 1. The number of hydrogen-bond acceptors (Lipinski definition) is 7. The molecule has 4 aromatic carbocycles. The van der Waals surface area contributed by atoms with Crippen molar-refractivity contribution < 1.29 is 28.0 Å². The third-order valence-corrected chi connectivity index (χ3v) is 5.62. The molecule has 0 aliphatic rings. The Morgan fingerprint density at radius 3 is 2.21 bits per heavy atom. The predicted molar refractivity (Wildman–Crippen MR) is 122 cm³/mol. The van der Waals surface area contributed by atoms with Crippen LogP contribution in [0.3, 0.4) is 0 Å². The molecule has 9 nitrogen and oxygen atoms in total. The predicted octanol–water partition coefficient (Wildman–Crippen LogP) is 5.17. The average Bonchev–Trinajstić information content (AvgIpc) is 2.78. The topological polar surface area (TPSA) is 149 Å². The van der Waals surface area contributed by atoms with Gasteiger partial charge in [-0.15, -0.1) is 10.2 Å². The zero-order valence-corrected chi connectivity index (χ0v) is 17.7. The standard InChI is InChI=1S/C23H17N3O6S/c27-20-11-10-16(33(30,31)32)13-18(20)25-26-19-12-14-6-4-5-9-17(14)21(22(19)28)23(29)24-15-7-2-1-3-8-15/h1-13,27-28H,(H,24,29)(H,30,31,32)/b26-25+. The third kappa shape index (κ3) is 4.66. The minimum absolute atomic E-state index is 0.0261. The minimum atomic E-state index is -4.52. The zero-order valence-electron chi connectivity index (χ0n) is 16.9. The van der Waals surface area contributed by atoms with Gasteiger partial charge in [-0.3, -0.25) is 9.35 Å². The van der Waals surface area contributed by atoms with Gasteiger partial charge in [0.05, 0.1) is 10.5 Å². The lowest BCUT2D eigenvalue weighted by atomic mass is 10.0. The number of carbonyl (C=O) groups is 1. The Kier molecular flexibility index (Phi) is 5.78. The number of phenols is 2. The van der Waals surface area contributed by atoms with E-state index in [0.717, 1.165) is 18.2 Å². The Hall–Kier alpha value is -4.28. The van der Waals surface area contributed by atoms with E-state index in [4.69, 9.17) is 0 Å². The van der Waals surface area contributed by atoms with E-state index in [9.17, 15) is 28.0 Å². The smallest absolute Gasteiger partial charge is 0.294 e. The lowest BCUT2D eigenvalue weighted by molar-refractivity contribution is 0.102. The highest BCUT2D eigenvalue weighted by Gasteiger charge is 2.20. The highest BCUT2D eigenvalue weighted by atomic mass is 32.2. The van der Waals surface area contributed by atoms with Crippen molar-refractivity contribution in [2.24, 2.45) is 10.2 Å². The van der Waals surface area contributed by atoms with Crippen LogP contribution in [0.15, 0.2) is 94.0 Å². The summed E-state index contributed by atoms with van der Waals surface area (Å²) >= 11 is 0. The molecular formula is C23H17N3O6S. The number of fused-ring (bicyclic) bond motifs is 1. The summed E-state index contributed by atoms with van der Waals surface area (Å²) in [4.78, 5) is 12.5. The highest BCUT2D eigenvalue weighted by Crippen LogP contribution is 2.39. The van der Waals surface area contributed by atoms with Crippen LogP contribution in [0.1, 0.15) is 10.4 Å². The lowest BCUT2D eigenvalue weighted by Crippen LogP contribution is -2.12. The molecule has 0 saturated carbocycles. The van der Waals surface area contributed by atoms with Gasteiger partial charge in [-0.05, 0) is 47.2 Å². The number of nitrogens with zero attached hydrogens (tertiary/aromatic N) is 2. The maximum Gasteiger partial charge on any atom is 0.294 e. The second kappa shape index (κ2) is 8.69. The number of phenolic OH excluding ortho intramolecular Hbond substituents is 2. The summed E-state index contributed by atoms with van der Waals surface area (Å²) in [6.45, 7) is 0. The Morgan fingerprint density at radius 1 is 0.818 bits per heavy atom. The Morgan fingerprint density at radius 2 is 1.48 bits per heavy atom. The van der Waals surface area contributed by atoms with Crippen molar-refractivity contribution in [3.05, 3.63) is 84.4 Å². The molecule has 10 heteroatoms. The summed E-state index contributed by atoms with van der Waals surface area (Å²) in [5, 5.41) is 32.4.